The molecule has 132 valence electrons. The van der Waals surface area contributed by atoms with E-state index in [4.69, 9.17) is 14.4 Å². The van der Waals surface area contributed by atoms with E-state index >= 15 is 0 Å². The molecule has 5 nitrogen and oxygen atoms in total. The minimum Gasteiger partial charge on any atom is -0.484 e. The van der Waals surface area contributed by atoms with Crippen LogP contribution < -0.4 is 4.74 Å². The molecule has 0 fully saturated rings. The molecule has 0 spiro atoms. The molecule has 25 heavy (non-hydrogen) atoms. The molecule has 0 saturated carbocycles. The number of benzene rings is 1. The van der Waals surface area contributed by atoms with Crippen LogP contribution in [0.3, 0.4) is 0 Å². The zero-order valence-corrected chi connectivity index (χ0v) is 13.1. The minimum atomic E-state index is -4.53. The Morgan fingerprint density at radius 2 is 1.96 bits per heavy atom. The van der Waals surface area contributed by atoms with Crippen LogP contribution in [0.25, 0.3) is 0 Å². The number of hydrogen-bond donors (Lipinski definition) is 0. The van der Waals surface area contributed by atoms with Crippen molar-refractivity contribution < 1.29 is 27.1 Å². The second-order valence-electron chi connectivity index (χ2n) is 5.21. The number of alkyl halides is 3. The molecule has 2 rings (SSSR count). The van der Waals surface area contributed by atoms with E-state index in [1.54, 1.807) is 24.3 Å². The van der Waals surface area contributed by atoms with Crippen molar-refractivity contribution in [2.45, 2.75) is 19.1 Å². The largest absolute Gasteiger partial charge is 0.484 e. The van der Waals surface area contributed by atoms with E-state index in [-0.39, 0.29) is 18.7 Å². The van der Waals surface area contributed by atoms with Gasteiger partial charge < -0.3 is 14.1 Å². The van der Waals surface area contributed by atoms with E-state index in [0.717, 1.165) is 5.56 Å². The molecule has 0 N–H and O–H groups in total. The summed E-state index contributed by atoms with van der Waals surface area (Å²) in [5.41, 5.74) is 0.776. The molecule has 0 atom stereocenters. The van der Waals surface area contributed by atoms with Gasteiger partial charge in [0.25, 0.3) is 5.91 Å². The van der Waals surface area contributed by atoms with Crippen molar-refractivity contribution in [1.29, 1.82) is 5.26 Å². The maximum absolute atomic E-state index is 12.7. The van der Waals surface area contributed by atoms with Gasteiger partial charge in [-0.3, -0.25) is 4.79 Å². The Bertz CT molecular complexity index is 719. The Balaban J connectivity index is 1.97. The van der Waals surface area contributed by atoms with E-state index in [9.17, 15) is 18.0 Å². The monoisotopic (exact) mass is 352 g/mol. The number of amides is 1. The minimum absolute atomic E-state index is 0.238. The zero-order valence-electron chi connectivity index (χ0n) is 13.1. The Kier molecular flexibility index (Phi) is 6.06. The molecular formula is C17H15F3N2O3. The molecule has 0 radical (unpaired) electrons. The number of nitriles is 1. The van der Waals surface area contributed by atoms with Crippen LogP contribution in [0.15, 0.2) is 47.1 Å². The molecule has 0 aliphatic carbocycles. The molecule has 1 aromatic heterocycles. The number of hydrogen-bond acceptors (Lipinski definition) is 4. The Morgan fingerprint density at radius 3 is 2.52 bits per heavy atom. The van der Waals surface area contributed by atoms with Gasteiger partial charge in [-0.25, -0.2) is 0 Å². The van der Waals surface area contributed by atoms with Crippen LogP contribution in [0.1, 0.15) is 11.3 Å². The zero-order chi connectivity index (χ0) is 18.3. The first kappa shape index (κ1) is 18.4. The van der Waals surface area contributed by atoms with Crippen LogP contribution in [-0.4, -0.2) is 30.1 Å². The molecule has 0 bridgehead atoms. The first-order chi connectivity index (χ1) is 11.9. The normalized spacial score (nSPS) is 11.0. The van der Waals surface area contributed by atoms with Gasteiger partial charge in [0.15, 0.2) is 6.61 Å². The second-order valence-corrected chi connectivity index (χ2v) is 5.21. The van der Waals surface area contributed by atoms with Gasteiger partial charge in [0.2, 0.25) is 0 Å². The number of nitrogens with zero attached hydrogens (tertiary/aromatic N) is 2. The van der Waals surface area contributed by atoms with Gasteiger partial charge in [-0.15, -0.1) is 0 Å². The highest BCUT2D eigenvalue weighted by Gasteiger charge is 2.33. The molecule has 8 heteroatoms. The Hall–Kier alpha value is -2.95. The van der Waals surface area contributed by atoms with Crippen molar-refractivity contribution in [3.8, 4) is 11.8 Å². The standard InChI is InChI=1S/C17H15F3N2O3/c18-17(19,20)12-22(10-15-2-1-9-24-15)16(23)11-25-14-5-3-13(4-6-14)7-8-21/h1-6,9H,7,10-12H2. The van der Waals surface area contributed by atoms with E-state index < -0.39 is 25.2 Å². The quantitative estimate of drug-likeness (QED) is 0.767. The third kappa shape index (κ3) is 6.22. The average Bonchev–Trinajstić information content (AvgIpc) is 3.05. The molecule has 0 aliphatic heterocycles. The van der Waals surface area contributed by atoms with Crippen molar-refractivity contribution in [2.24, 2.45) is 0 Å². The summed E-state index contributed by atoms with van der Waals surface area (Å²) in [6.45, 7) is -2.22. The highest BCUT2D eigenvalue weighted by atomic mass is 19.4. The van der Waals surface area contributed by atoms with Crippen LogP contribution in [0, 0.1) is 11.3 Å². The summed E-state index contributed by atoms with van der Waals surface area (Å²) < 4.78 is 48.3. The third-order valence-electron chi connectivity index (χ3n) is 3.22. The summed E-state index contributed by atoms with van der Waals surface area (Å²) >= 11 is 0. The summed E-state index contributed by atoms with van der Waals surface area (Å²) in [6, 6.07) is 11.4. The molecule has 2 aromatic rings. The molecule has 1 amide bonds. The van der Waals surface area contributed by atoms with Gasteiger partial charge >= 0.3 is 6.18 Å². The van der Waals surface area contributed by atoms with Crippen LogP contribution in [0.5, 0.6) is 5.75 Å². The topological polar surface area (TPSA) is 66.5 Å². The summed E-state index contributed by atoms with van der Waals surface area (Å²) in [4.78, 5) is 12.7. The highest BCUT2D eigenvalue weighted by Crippen LogP contribution is 2.19. The summed E-state index contributed by atoms with van der Waals surface area (Å²) in [5.74, 6) is -0.228. The van der Waals surface area contributed by atoms with Gasteiger partial charge in [-0.05, 0) is 29.8 Å². The first-order valence-corrected chi connectivity index (χ1v) is 7.33. The lowest BCUT2D eigenvalue weighted by molar-refractivity contribution is -0.164. The number of furan rings is 1. The predicted molar refractivity (Wildman–Crippen MR) is 81.4 cm³/mol. The van der Waals surface area contributed by atoms with Crippen molar-refractivity contribution in [2.75, 3.05) is 13.2 Å². The van der Waals surface area contributed by atoms with Gasteiger partial charge in [0.05, 0.1) is 25.3 Å². The molecule has 1 heterocycles. The lowest BCUT2D eigenvalue weighted by Gasteiger charge is -2.23. The Morgan fingerprint density at radius 1 is 1.24 bits per heavy atom. The van der Waals surface area contributed by atoms with E-state index in [1.807, 2.05) is 6.07 Å². The van der Waals surface area contributed by atoms with Crippen molar-refractivity contribution in [3.63, 3.8) is 0 Å². The lowest BCUT2D eigenvalue weighted by atomic mass is 10.2. The molecule has 0 unspecified atom stereocenters. The van der Waals surface area contributed by atoms with Gasteiger partial charge in [0.1, 0.15) is 18.1 Å². The molecule has 1 aromatic carbocycles. The van der Waals surface area contributed by atoms with Crippen LogP contribution in [0.4, 0.5) is 13.2 Å². The van der Waals surface area contributed by atoms with Gasteiger partial charge in [-0.1, -0.05) is 12.1 Å². The fourth-order valence-electron chi connectivity index (χ4n) is 2.07. The summed E-state index contributed by atoms with van der Waals surface area (Å²) in [7, 11) is 0. The smallest absolute Gasteiger partial charge is 0.406 e. The van der Waals surface area contributed by atoms with Crippen LogP contribution in [0.2, 0.25) is 0 Å². The number of rotatable bonds is 7. The van der Waals surface area contributed by atoms with E-state index in [0.29, 0.717) is 10.6 Å². The summed E-state index contributed by atoms with van der Waals surface area (Å²) in [5, 5.41) is 8.59. The lowest BCUT2D eigenvalue weighted by Crippen LogP contribution is -2.40. The van der Waals surface area contributed by atoms with Gasteiger partial charge in [-0.2, -0.15) is 18.4 Å². The van der Waals surface area contributed by atoms with Crippen LogP contribution >= 0.6 is 0 Å². The fourth-order valence-corrected chi connectivity index (χ4v) is 2.07. The number of carbonyl (C=O) groups is 1. The predicted octanol–water partition coefficient (Wildman–Crippen LogP) is 3.32. The van der Waals surface area contributed by atoms with E-state index in [1.165, 1.54) is 18.4 Å². The third-order valence-corrected chi connectivity index (χ3v) is 3.22. The average molecular weight is 352 g/mol. The van der Waals surface area contributed by atoms with Crippen molar-refractivity contribution >= 4 is 5.91 Å². The molecule has 0 saturated heterocycles. The summed E-state index contributed by atoms with van der Waals surface area (Å²) in [6.07, 6.45) is -2.96. The second kappa shape index (κ2) is 8.24. The Labute approximate surface area is 142 Å². The number of ether oxygens (including phenoxy) is 1. The van der Waals surface area contributed by atoms with Crippen molar-refractivity contribution in [3.05, 3.63) is 54.0 Å². The van der Waals surface area contributed by atoms with Gasteiger partial charge in [0, 0.05) is 0 Å². The SMILES string of the molecule is N#CCc1ccc(OCC(=O)N(Cc2ccco2)CC(F)(F)F)cc1. The highest BCUT2D eigenvalue weighted by molar-refractivity contribution is 5.77. The number of halogens is 3. The first-order valence-electron chi connectivity index (χ1n) is 7.33. The molecular weight excluding hydrogens is 337 g/mol. The van der Waals surface area contributed by atoms with E-state index in [2.05, 4.69) is 0 Å². The van der Waals surface area contributed by atoms with Crippen LogP contribution in [-0.2, 0) is 17.8 Å². The van der Waals surface area contributed by atoms with Crippen molar-refractivity contribution in [1.82, 2.24) is 4.90 Å². The fraction of sp³-hybridized carbons (Fsp3) is 0.294. The molecule has 0 aliphatic rings. The number of carbonyl (C=O) groups excluding carboxylic acids is 1. The maximum Gasteiger partial charge on any atom is 0.406 e. The maximum atomic E-state index is 12.7.